The van der Waals surface area contributed by atoms with Gasteiger partial charge in [-0.05, 0) is 26.7 Å². The summed E-state index contributed by atoms with van der Waals surface area (Å²) in [5.74, 6) is -1.71. The van der Waals surface area contributed by atoms with E-state index in [0.29, 0.717) is 0 Å². The summed E-state index contributed by atoms with van der Waals surface area (Å²) in [5, 5.41) is 45.7. The minimum absolute atomic E-state index is 0.113. The highest BCUT2D eigenvalue weighted by molar-refractivity contribution is 5.85. The van der Waals surface area contributed by atoms with Gasteiger partial charge in [-0.3, -0.25) is 9.59 Å². The number of aliphatic hydroxyl groups is 4. The van der Waals surface area contributed by atoms with Crippen LogP contribution in [0.2, 0.25) is 0 Å². The topological polar surface area (TPSA) is 192 Å². The Morgan fingerprint density at radius 3 is 1.08 bits per heavy atom. The van der Waals surface area contributed by atoms with E-state index < -0.39 is 60.1 Å². The van der Waals surface area contributed by atoms with Crippen LogP contribution >= 0.6 is 0 Å². The molecule has 0 aliphatic rings. The van der Waals surface area contributed by atoms with Crippen molar-refractivity contribution in [2.24, 2.45) is 32.5 Å². The minimum Gasteiger partial charge on any atom is -0.396 e. The van der Waals surface area contributed by atoms with Crippen molar-refractivity contribution in [3.05, 3.63) is 0 Å². The number of azo groups is 1. The Morgan fingerprint density at radius 2 is 0.923 bits per heavy atom. The lowest BCUT2D eigenvalue weighted by molar-refractivity contribution is -0.126. The first-order valence-corrected chi connectivity index (χ1v) is 8.23. The van der Waals surface area contributed by atoms with Crippen LogP contribution in [0, 0.1) is 10.8 Å². The molecule has 0 saturated carbocycles. The Kier molecular flexibility index (Phi) is 8.30. The predicted molar refractivity (Wildman–Crippen MR) is 93.8 cm³/mol. The molecule has 2 unspecified atom stereocenters. The van der Waals surface area contributed by atoms with E-state index in [1.165, 1.54) is 13.8 Å². The second kappa shape index (κ2) is 8.85. The van der Waals surface area contributed by atoms with E-state index in [-0.39, 0.29) is 12.8 Å². The lowest BCUT2D eigenvalue weighted by atomic mass is 9.78. The molecule has 0 radical (unpaired) electrons. The standard InChI is InChI=1S/C16H32N4O6/c1-13(7-21,8-22)5-15(3,11(17)25)19-20-16(4,12(18)26)6-14(2,9-23)10-24/h21-24H,5-10H2,1-4H3,(H2,17,25)(H2,18,26). The maximum absolute atomic E-state index is 11.9. The third-order valence-electron chi connectivity index (χ3n) is 4.62. The minimum atomic E-state index is -1.61. The molecule has 0 bridgehead atoms. The predicted octanol–water partition coefficient (Wildman–Crippen LogP) is -1.31. The van der Waals surface area contributed by atoms with Gasteiger partial charge in [-0.1, -0.05) is 13.8 Å². The smallest absolute Gasteiger partial charge is 0.247 e. The van der Waals surface area contributed by atoms with Crippen LogP contribution in [0.15, 0.2) is 10.2 Å². The molecule has 0 heterocycles. The number of hydrogen-bond donors (Lipinski definition) is 6. The van der Waals surface area contributed by atoms with Crippen molar-refractivity contribution in [3.8, 4) is 0 Å². The number of primary amides is 2. The lowest BCUT2D eigenvalue weighted by Crippen LogP contribution is -2.48. The summed E-state index contributed by atoms with van der Waals surface area (Å²) in [4.78, 5) is 23.8. The van der Waals surface area contributed by atoms with Gasteiger partial charge in [-0.15, -0.1) is 0 Å². The first-order chi connectivity index (χ1) is 11.8. The fraction of sp³-hybridized carbons (Fsp3) is 0.875. The normalized spacial score (nSPS) is 17.7. The number of rotatable bonds is 12. The molecule has 0 aliphatic heterocycles. The second-order valence-corrected chi connectivity index (χ2v) is 8.08. The Labute approximate surface area is 153 Å². The zero-order chi connectivity index (χ0) is 20.8. The zero-order valence-electron chi connectivity index (χ0n) is 15.9. The van der Waals surface area contributed by atoms with Crippen LogP contribution in [0.3, 0.4) is 0 Å². The molecule has 0 aromatic heterocycles. The molecule has 152 valence electrons. The molecule has 8 N–H and O–H groups in total. The lowest BCUT2D eigenvalue weighted by Gasteiger charge is -2.34. The van der Waals surface area contributed by atoms with Gasteiger partial charge in [0.1, 0.15) is 0 Å². The Balaban J connectivity index is 5.87. The molecule has 2 atom stereocenters. The molecular formula is C16H32N4O6. The van der Waals surface area contributed by atoms with Crippen molar-refractivity contribution in [2.45, 2.75) is 51.6 Å². The van der Waals surface area contributed by atoms with Crippen molar-refractivity contribution in [2.75, 3.05) is 26.4 Å². The molecule has 0 saturated heterocycles. The highest BCUT2D eigenvalue weighted by atomic mass is 16.3. The number of nitrogens with two attached hydrogens (primary N) is 2. The van der Waals surface area contributed by atoms with Crippen molar-refractivity contribution in [3.63, 3.8) is 0 Å². The van der Waals surface area contributed by atoms with Gasteiger partial charge in [0.05, 0.1) is 26.4 Å². The van der Waals surface area contributed by atoms with Crippen LogP contribution in [0.4, 0.5) is 0 Å². The molecule has 0 fully saturated rings. The average Bonchev–Trinajstić information content (AvgIpc) is 2.59. The van der Waals surface area contributed by atoms with Gasteiger partial charge in [0.2, 0.25) is 11.8 Å². The van der Waals surface area contributed by atoms with E-state index in [1.807, 2.05) is 0 Å². The van der Waals surface area contributed by atoms with Crippen LogP contribution in [0.5, 0.6) is 0 Å². The monoisotopic (exact) mass is 376 g/mol. The fourth-order valence-electron chi connectivity index (χ4n) is 2.55. The van der Waals surface area contributed by atoms with Gasteiger partial charge in [0.15, 0.2) is 11.1 Å². The molecule has 26 heavy (non-hydrogen) atoms. The average molecular weight is 376 g/mol. The SMILES string of the molecule is CC(CO)(CO)CC(C)(N=NC(C)(CC(C)(CO)CO)C(N)=O)C(N)=O. The van der Waals surface area contributed by atoms with E-state index in [2.05, 4.69) is 10.2 Å². The molecule has 0 aromatic rings. The third-order valence-corrected chi connectivity index (χ3v) is 4.62. The molecule has 0 spiro atoms. The molecule has 10 nitrogen and oxygen atoms in total. The quantitative estimate of drug-likeness (QED) is 0.229. The van der Waals surface area contributed by atoms with Gasteiger partial charge in [0, 0.05) is 10.8 Å². The molecule has 0 aliphatic carbocycles. The van der Waals surface area contributed by atoms with E-state index >= 15 is 0 Å². The highest BCUT2D eigenvalue weighted by Gasteiger charge is 2.43. The Hall–Kier alpha value is -1.62. The maximum atomic E-state index is 11.9. The Bertz CT molecular complexity index is 487. The number of carbonyl (C=O) groups is 2. The first-order valence-electron chi connectivity index (χ1n) is 8.23. The van der Waals surface area contributed by atoms with Crippen LogP contribution in [-0.4, -0.2) is 69.7 Å². The number of carbonyl (C=O) groups excluding carboxylic acids is 2. The molecule has 0 aromatic carbocycles. The van der Waals surface area contributed by atoms with Crippen LogP contribution in [0.25, 0.3) is 0 Å². The molecule has 0 rings (SSSR count). The summed E-state index contributed by atoms with van der Waals surface area (Å²) < 4.78 is 0. The largest absolute Gasteiger partial charge is 0.396 e. The molecule has 10 heteroatoms. The summed E-state index contributed by atoms with van der Waals surface area (Å²) in [6, 6.07) is 0. The van der Waals surface area contributed by atoms with Gasteiger partial charge in [0.25, 0.3) is 0 Å². The van der Waals surface area contributed by atoms with Crippen LogP contribution < -0.4 is 11.5 Å². The van der Waals surface area contributed by atoms with Crippen LogP contribution in [0.1, 0.15) is 40.5 Å². The first kappa shape index (κ1) is 24.4. The summed E-state index contributed by atoms with van der Waals surface area (Å²) in [6.45, 7) is 4.19. The second-order valence-electron chi connectivity index (χ2n) is 8.08. The molecule has 2 amide bonds. The maximum Gasteiger partial charge on any atom is 0.247 e. The van der Waals surface area contributed by atoms with Gasteiger partial charge < -0.3 is 31.9 Å². The number of amides is 2. The number of aliphatic hydroxyl groups excluding tert-OH is 4. The summed E-state index contributed by atoms with van der Waals surface area (Å²) in [5.41, 5.74) is 5.54. The van der Waals surface area contributed by atoms with Crippen molar-refractivity contribution in [1.82, 2.24) is 0 Å². The third kappa shape index (κ3) is 5.97. The van der Waals surface area contributed by atoms with E-state index in [9.17, 15) is 30.0 Å². The van der Waals surface area contributed by atoms with Crippen molar-refractivity contribution in [1.29, 1.82) is 0 Å². The van der Waals surface area contributed by atoms with E-state index in [0.717, 1.165) is 0 Å². The summed E-state index contributed by atoms with van der Waals surface area (Å²) in [6.07, 6.45) is -0.226. The highest BCUT2D eigenvalue weighted by Crippen LogP contribution is 2.34. The van der Waals surface area contributed by atoms with Crippen molar-refractivity contribution >= 4 is 11.8 Å². The van der Waals surface area contributed by atoms with Crippen molar-refractivity contribution < 1.29 is 30.0 Å². The summed E-state index contributed by atoms with van der Waals surface area (Å²) >= 11 is 0. The summed E-state index contributed by atoms with van der Waals surface area (Å²) in [7, 11) is 0. The number of nitrogens with zero attached hydrogens (tertiary/aromatic N) is 2. The van der Waals surface area contributed by atoms with Gasteiger partial charge in [-0.2, -0.15) is 10.2 Å². The van der Waals surface area contributed by atoms with Gasteiger partial charge in [-0.25, -0.2) is 0 Å². The van der Waals surface area contributed by atoms with E-state index in [1.54, 1.807) is 13.8 Å². The fourth-order valence-corrected chi connectivity index (χ4v) is 2.55. The van der Waals surface area contributed by atoms with E-state index in [4.69, 9.17) is 11.5 Å². The van der Waals surface area contributed by atoms with Gasteiger partial charge >= 0.3 is 0 Å². The Morgan fingerprint density at radius 1 is 0.692 bits per heavy atom. The zero-order valence-corrected chi connectivity index (χ0v) is 15.9. The van der Waals surface area contributed by atoms with Crippen LogP contribution in [-0.2, 0) is 9.59 Å². The number of hydrogen-bond acceptors (Lipinski definition) is 8. The molecular weight excluding hydrogens is 344 g/mol.